The molecule has 1 fully saturated rings. The molecule has 1 saturated carbocycles. The quantitative estimate of drug-likeness (QED) is 0.267. The van der Waals surface area contributed by atoms with Gasteiger partial charge in [-0.1, -0.05) is 48.8 Å². The molecule has 41 heavy (non-hydrogen) atoms. The van der Waals surface area contributed by atoms with Crippen LogP contribution in [0.3, 0.4) is 0 Å². The van der Waals surface area contributed by atoms with E-state index in [0.29, 0.717) is 34.5 Å². The molecule has 0 radical (unpaired) electrons. The first-order chi connectivity index (χ1) is 20.1. The number of aryl methyl sites for hydroxylation is 1. The lowest BCUT2D eigenvalue weighted by atomic mass is 10.0. The van der Waals surface area contributed by atoms with E-state index in [1.807, 2.05) is 36.4 Å². The molecule has 6 rings (SSSR count). The highest BCUT2D eigenvalue weighted by atomic mass is 16.5. The maximum atomic E-state index is 14.0. The number of H-pyrrole nitrogens is 1. The van der Waals surface area contributed by atoms with Gasteiger partial charge in [0.15, 0.2) is 23.2 Å². The summed E-state index contributed by atoms with van der Waals surface area (Å²) in [5, 5.41) is 3.82. The van der Waals surface area contributed by atoms with Gasteiger partial charge in [0.25, 0.3) is 5.56 Å². The number of aromatic nitrogens is 7. The van der Waals surface area contributed by atoms with Gasteiger partial charge in [0.2, 0.25) is 0 Å². The van der Waals surface area contributed by atoms with E-state index in [1.165, 1.54) is 0 Å². The summed E-state index contributed by atoms with van der Waals surface area (Å²) in [7, 11) is 1.56. The summed E-state index contributed by atoms with van der Waals surface area (Å²) < 4.78 is 11.6. The third kappa shape index (κ3) is 5.43. The Morgan fingerprint density at radius 1 is 1.02 bits per heavy atom. The highest BCUT2D eigenvalue weighted by molar-refractivity contribution is 5.78. The minimum absolute atomic E-state index is 0.0487. The van der Waals surface area contributed by atoms with Crippen LogP contribution in [-0.4, -0.2) is 41.8 Å². The van der Waals surface area contributed by atoms with Gasteiger partial charge in [-0.15, -0.1) is 0 Å². The summed E-state index contributed by atoms with van der Waals surface area (Å²) in [6.45, 7) is 2.39. The second kappa shape index (κ2) is 11.3. The zero-order chi connectivity index (χ0) is 28.3. The van der Waals surface area contributed by atoms with Crippen molar-refractivity contribution in [3.8, 4) is 40.0 Å². The average molecular weight is 552 g/mol. The second-order valence-electron chi connectivity index (χ2n) is 10.1. The summed E-state index contributed by atoms with van der Waals surface area (Å²) in [6.07, 6.45) is 9.61. The van der Waals surface area contributed by atoms with Crippen molar-refractivity contribution in [3.05, 3.63) is 92.7 Å². The molecule has 208 valence electrons. The Labute approximate surface area is 235 Å². The molecule has 0 spiro atoms. The van der Waals surface area contributed by atoms with Crippen LogP contribution < -0.4 is 16.1 Å². The van der Waals surface area contributed by atoms with Crippen molar-refractivity contribution in [2.45, 2.75) is 51.5 Å². The highest BCUT2D eigenvalue weighted by Crippen LogP contribution is 2.40. The Bertz CT molecular complexity index is 1790. The third-order valence-electron chi connectivity index (χ3n) is 7.16. The van der Waals surface area contributed by atoms with Crippen LogP contribution in [0.25, 0.3) is 34.3 Å². The fraction of sp³-hybridized carbons (Fsp3) is 0.300. The summed E-state index contributed by atoms with van der Waals surface area (Å²) >= 11 is 0. The molecule has 1 aromatic carbocycles. The van der Waals surface area contributed by atoms with Crippen LogP contribution >= 0.6 is 0 Å². The fourth-order valence-corrected chi connectivity index (χ4v) is 4.90. The van der Waals surface area contributed by atoms with E-state index in [0.717, 1.165) is 54.5 Å². The smallest absolute Gasteiger partial charge is 0.439 e. The monoisotopic (exact) mass is 551 g/mol. The fourth-order valence-electron chi connectivity index (χ4n) is 4.90. The first-order valence-electron chi connectivity index (χ1n) is 13.7. The molecule has 0 bridgehead atoms. The summed E-state index contributed by atoms with van der Waals surface area (Å²) in [5.74, 6) is 1.27. The summed E-state index contributed by atoms with van der Waals surface area (Å²) in [4.78, 5) is 46.7. The molecule has 0 atom stereocenters. The molecule has 11 nitrogen and oxygen atoms in total. The van der Waals surface area contributed by atoms with Gasteiger partial charge in [-0.05, 0) is 43.2 Å². The maximum absolute atomic E-state index is 14.0. The van der Waals surface area contributed by atoms with Gasteiger partial charge in [-0.2, -0.15) is 0 Å². The molecule has 0 saturated heterocycles. The Hall–Kier alpha value is -4.93. The first-order valence-corrected chi connectivity index (χ1v) is 13.7. The molecule has 0 unspecified atom stereocenters. The van der Waals surface area contributed by atoms with Crippen LogP contribution in [0.1, 0.15) is 55.3 Å². The van der Waals surface area contributed by atoms with Gasteiger partial charge in [-0.3, -0.25) is 23.9 Å². The third-order valence-corrected chi connectivity index (χ3v) is 7.16. The molecule has 0 amide bonds. The van der Waals surface area contributed by atoms with E-state index in [-0.39, 0.29) is 18.0 Å². The van der Waals surface area contributed by atoms with E-state index in [1.54, 1.807) is 30.3 Å². The topological polar surface area (TPSA) is 142 Å². The molecule has 0 aliphatic heterocycles. The van der Waals surface area contributed by atoms with Crippen LogP contribution in [0.15, 0.2) is 69.1 Å². The molecular weight excluding hydrogens is 522 g/mol. The average Bonchev–Trinajstić information content (AvgIpc) is 3.75. The standard InChI is InChI=1S/C30H29N7O4/c1-3-4-9-24-25(19-11-12-19)29(38)37(28(34-24)27-32-15-20(40-2)16-33-27)17-18-10-13-23(31-14-18)21-7-5-6-8-22(21)26-35-30(39)41-36-26/h5-8,10,13-16,19H,3-4,9,11-12,17H2,1-2H3,(H,35,36,39). The van der Waals surface area contributed by atoms with Gasteiger partial charge >= 0.3 is 5.76 Å². The van der Waals surface area contributed by atoms with Gasteiger partial charge in [0, 0.05) is 22.9 Å². The van der Waals surface area contributed by atoms with Crippen LogP contribution in [0.5, 0.6) is 5.75 Å². The van der Waals surface area contributed by atoms with Gasteiger partial charge in [-0.25, -0.2) is 19.7 Å². The van der Waals surface area contributed by atoms with Crippen molar-refractivity contribution in [2.24, 2.45) is 0 Å². The van der Waals surface area contributed by atoms with E-state index < -0.39 is 5.76 Å². The molecule has 1 N–H and O–H groups in total. The Morgan fingerprint density at radius 3 is 2.44 bits per heavy atom. The van der Waals surface area contributed by atoms with Gasteiger partial charge in [0.1, 0.15) is 0 Å². The van der Waals surface area contributed by atoms with E-state index in [4.69, 9.17) is 14.2 Å². The molecule has 11 heteroatoms. The number of pyridine rings is 1. The first kappa shape index (κ1) is 26.3. The minimum atomic E-state index is -0.625. The molecule has 4 aromatic heterocycles. The number of hydrogen-bond donors (Lipinski definition) is 1. The van der Waals surface area contributed by atoms with Crippen LogP contribution in [0.4, 0.5) is 0 Å². The lowest BCUT2D eigenvalue weighted by Crippen LogP contribution is -2.29. The van der Waals surface area contributed by atoms with Gasteiger partial charge in [0.05, 0.1) is 37.4 Å². The number of methoxy groups -OCH3 is 1. The second-order valence-corrected chi connectivity index (χ2v) is 10.1. The number of aromatic amines is 1. The largest absolute Gasteiger partial charge is 0.494 e. The summed E-state index contributed by atoms with van der Waals surface area (Å²) in [5.41, 5.74) is 4.60. The lowest BCUT2D eigenvalue weighted by Gasteiger charge is -2.17. The number of benzene rings is 1. The van der Waals surface area contributed by atoms with E-state index in [9.17, 15) is 9.59 Å². The van der Waals surface area contributed by atoms with Crippen molar-refractivity contribution < 1.29 is 9.26 Å². The number of unbranched alkanes of at least 4 members (excludes halogenated alkanes) is 1. The lowest BCUT2D eigenvalue weighted by molar-refractivity contribution is 0.388. The molecule has 1 aliphatic rings. The van der Waals surface area contributed by atoms with Crippen molar-refractivity contribution in [1.82, 2.24) is 34.6 Å². The predicted molar refractivity (Wildman–Crippen MR) is 152 cm³/mol. The van der Waals surface area contributed by atoms with Crippen molar-refractivity contribution >= 4 is 0 Å². The maximum Gasteiger partial charge on any atom is 0.439 e. The SMILES string of the molecule is CCCCc1nc(-c2ncc(OC)cn2)n(Cc2ccc(-c3ccccc3-c3noc(=O)[nH]3)nc2)c(=O)c1C1CC1. The number of nitrogens with zero attached hydrogens (tertiary/aromatic N) is 6. The van der Waals surface area contributed by atoms with Crippen LogP contribution in [-0.2, 0) is 13.0 Å². The van der Waals surface area contributed by atoms with E-state index >= 15 is 0 Å². The van der Waals surface area contributed by atoms with Crippen molar-refractivity contribution in [1.29, 1.82) is 0 Å². The van der Waals surface area contributed by atoms with Crippen LogP contribution in [0.2, 0.25) is 0 Å². The highest BCUT2D eigenvalue weighted by Gasteiger charge is 2.32. The number of rotatable bonds is 10. The molecular formula is C30H29N7O4. The summed E-state index contributed by atoms with van der Waals surface area (Å²) in [6, 6.07) is 11.3. The number of ether oxygens (including phenoxy) is 1. The normalized spacial score (nSPS) is 12.9. The molecule has 4 heterocycles. The predicted octanol–water partition coefficient (Wildman–Crippen LogP) is 4.38. The Morgan fingerprint density at radius 2 is 1.80 bits per heavy atom. The van der Waals surface area contributed by atoms with Gasteiger partial charge < -0.3 is 4.74 Å². The Kier molecular flexibility index (Phi) is 7.24. The minimum Gasteiger partial charge on any atom is -0.494 e. The van der Waals surface area contributed by atoms with E-state index in [2.05, 4.69) is 32.0 Å². The number of nitrogens with one attached hydrogen (secondary N) is 1. The molecule has 5 aromatic rings. The number of hydrogen-bond acceptors (Lipinski definition) is 9. The zero-order valence-electron chi connectivity index (χ0n) is 22.8. The van der Waals surface area contributed by atoms with Crippen molar-refractivity contribution in [3.63, 3.8) is 0 Å². The molecule has 1 aliphatic carbocycles. The zero-order valence-corrected chi connectivity index (χ0v) is 22.8. The van der Waals surface area contributed by atoms with Crippen LogP contribution in [0, 0.1) is 0 Å². The van der Waals surface area contributed by atoms with Crippen molar-refractivity contribution in [2.75, 3.05) is 7.11 Å². The Balaban J connectivity index is 1.39.